The first kappa shape index (κ1) is 26.0. The number of methoxy groups -OCH3 is 1. The fraction of sp³-hybridized carbons (Fsp3) is 0.300. The molecule has 0 aliphatic carbocycles. The fourth-order valence-corrected chi connectivity index (χ4v) is 3.46. The lowest BCUT2D eigenvalue weighted by molar-refractivity contribution is -0.141. The molecule has 0 spiro atoms. The van der Waals surface area contributed by atoms with Crippen molar-refractivity contribution in [1.29, 1.82) is 0 Å². The van der Waals surface area contributed by atoms with E-state index in [1.165, 1.54) is 0 Å². The van der Waals surface area contributed by atoms with Gasteiger partial charge in [0.25, 0.3) is 0 Å². The lowest BCUT2D eigenvalue weighted by atomic mass is 10.1. The number of rotatable bonds is 15. The van der Waals surface area contributed by atoms with Crippen LogP contribution in [0, 0.1) is 0 Å². The maximum absolute atomic E-state index is 12.0. The summed E-state index contributed by atoms with van der Waals surface area (Å²) in [5, 5.41) is 0. The van der Waals surface area contributed by atoms with Crippen LogP contribution in [-0.2, 0) is 20.9 Å². The highest BCUT2D eigenvalue weighted by Crippen LogP contribution is 2.24. The zero-order valence-corrected chi connectivity index (χ0v) is 20.4. The summed E-state index contributed by atoms with van der Waals surface area (Å²) in [5.41, 5.74) is 3.58. The van der Waals surface area contributed by atoms with Gasteiger partial charge in [0, 0.05) is 6.61 Å². The molecule has 0 bridgehead atoms. The number of hydrogen-bond acceptors (Lipinski definition) is 5. The van der Waals surface area contributed by atoms with E-state index in [1.807, 2.05) is 66.7 Å². The fourth-order valence-electron chi connectivity index (χ4n) is 3.46. The predicted octanol–water partition coefficient (Wildman–Crippen LogP) is 6.62. The SMILES string of the molecule is C=C(COCCCCCCOc1ccc(-c2ccc(OC)cc2)cc1)C(=O)OCc1ccccc1. The predicted molar refractivity (Wildman–Crippen MR) is 139 cm³/mol. The number of hydrogen-bond donors (Lipinski definition) is 0. The molecule has 3 aromatic rings. The first-order valence-corrected chi connectivity index (χ1v) is 12.0. The molecule has 0 amide bonds. The molecule has 0 aliphatic rings. The van der Waals surface area contributed by atoms with Crippen molar-refractivity contribution in [2.45, 2.75) is 32.3 Å². The summed E-state index contributed by atoms with van der Waals surface area (Å²) in [6, 6.07) is 25.7. The van der Waals surface area contributed by atoms with Crippen LogP contribution in [0.15, 0.2) is 91.0 Å². The van der Waals surface area contributed by atoms with Gasteiger partial charge in [-0.25, -0.2) is 4.79 Å². The monoisotopic (exact) mass is 474 g/mol. The molecule has 0 fully saturated rings. The van der Waals surface area contributed by atoms with Crippen molar-refractivity contribution in [3.63, 3.8) is 0 Å². The Morgan fingerprint density at radius 1 is 0.743 bits per heavy atom. The number of benzene rings is 3. The van der Waals surface area contributed by atoms with Gasteiger partial charge in [0.2, 0.25) is 0 Å². The number of carbonyl (C=O) groups excluding carboxylic acids is 1. The van der Waals surface area contributed by atoms with Gasteiger partial charge in [-0.15, -0.1) is 0 Å². The number of ether oxygens (including phenoxy) is 4. The maximum Gasteiger partial charge on any atom is 0.336 e. The van der Waals surface area contributed by atoms with Crippen molar-refractivity contribution in [2.24, 2.45) is 0 Å². The highest BCUT2D eigenvalue weighted by atomic mass is 16.5. The Morgan fingerprint density at radius 2 is 1.34 bits per heavy atom. The Hall–Kier alpha value is -3.57. The molecule has 0 N–H and O–H groups in total. The third-order valence-corrected chi connectivity index (χ3v) is 5.51. The van der Waals surface area contributed by atoms with Gasteiger partial charge in [0.1, 0.15) is 18.1 Å². The molecule has 35 heavy (non-hydrogen) atoms. The highest BCUT2D eigenvalue weighted by Gasteiger charge is 2.09. The number of esters is 1. The average molecular weight is 475 g/mol. The van der Waals surface area contributed by atoms with E-state index in [0.29, 0.717) is 18.8 Å². The van der Waals surface area contributed by atoms with Crippen LogP contribution in [0.2, 0.25) is 0 Å². The molecule has 0 saturated heterocycles. The minimum Gasteiger partial charge on any atom is -0.497 e. The molecule has 0 aliphatic heterocycles. The van der Waals surface area contributed by atoms with E-state index >= 15 is 0 Å². The molecule has 0 unspecified atom stereocenters. The van der Waals surface area contributed by atoms with Crippen molar-refractivity contribution in [2.75, 3.05) is 26.9 Å². The molecule has 0 radical (unpaired) electrons. The lowest BCUT2D eigenvalue weighted by Crippen LogP contribution is -2.12. The van der Waals surface area contributed by atoms with E-state index in [4.69, 9.17) is 18.9 Å². The summed E-state index contributed by atoms with van der Waals surface area (Å²) in [6.45, 7) is 5.49. The Balaban J connectivity index is 1.20. The van der Waals surface area contributed by atoms with Crippen LogP contribution in [0.1, 0.15) is 31.2 Å². The average Bonchev–Trinajstić information content (AvgIpc) is 2.91. The van der Waals surface area contributed by atoms with Crippen molar-refractivity contribution in [3.8, 4) is 22.6 Å². The molecule has 0 aromatic heterocycles. The molecule has 5 heteroatoms. The molecule has 5 nitrogen and oxygen atoms in total. The smallest absolute Gasteiger partial charge is 0.336 e. The molecule has 0 heterocycles. The van der Waals surface area contributed by atoms with E-state index < -0.39 is 5.97 Å². The van der Waals surface area contributed by atoms with Crippen LogP contribution in [0.5, 0.6) is 11.5 Å². The Morgan fingerprint density at radius 3 is 1.97 bits per heavy atom. The van der Waals surface area contributed by atoms with Gasteiger partial charge < -0.3 is 18.9 Å². The summed E-state index contributed by atoms with van der Waals surface area (Å²) >= 11 is 0. The summed E-state index contributed by atoms with van der Waals surface area (Å²) in [4.78, 5) is 12.0. The second-order valence-electron chi connectivity index (χ2n) is 8.23. The molecule has 3 aromatic carbocycles. The van der Waals surface area contributed by atoms with Crippen LogP contribution in [0.25, 0.3) is 11.1 Å². The van der Waals surface area contributed by atoms with E-state index in [0.717, 1.165) is 53.9 Å². The summed E-state index contributed by atoms with van der Waals surface area (Å²) in [7, 11) is 1.67. The van der Waals surface area contributed by atoms with Crippen molar-refractivity contribution < 1.29 is 23.7 Å². The minimum atomic E-state index is -0.414. The van der Waals surface area contributed by atoms with Crippen LogP contribution in [0.4, 0.5) is 0 Å². The van der Waals surface area contributed by atoms with Crippen LogP contribution in [-0.4, -0.2) is 32.9 Å². The Bertz CT molecular complexity index is 1030. The molecule has 184 valence electrons. The van der Waals surface area contributed by atoms with Crippen LogP contribution in [0.3, 0.4) is 0 Å². The largest absolute Gasteiger partial charge is 0.497 e. The van der Waals surface area contributed by atoms with Gasteiger partial charge in [-0.05, 0) is 60.2 Å². The van der Waals surface area contributed by atoms with E-state index in [9.17, 15) is 4.79 Å². The molecule has 0 atom stereocenters. The van der Waals surface area contributed by atoms with Crippen LogP contribution >= 0.6 is 0 Å². The number of carbonyl (C=O) groups is 1. The van der Waals surface area contributed by atoms with Crippen molar-refractivity contribution in [3.05, 3.63) is 96.6 Å². The highest BCUT2D eigenvalue weighted by molar-refractivity contribution is 5.87. The Kier molecular flexibility index (Phi) is 10.9. The second kappa shape index (κ2) is 14.6. The van der Waals surface area contributed by atoms with E-state index in [-0.39, 0.29) is 13.2 Å². The first-order chi connectivity index (χ1) is 17.2. The van der Waals surface area contributed by atoms with E-state index in [1.54, 1.807) is 7.11 Å². The topological polar surface area (TPSA) is 54.0 Å². The third-order valence-electron chi connectivity index (χ3n) is 5.51. The number of unbranched alkanes of at least 4 members (excludes halogenated alkanes) is 3. The van der Waals surface area contributed by atoms with Gasteiger partial charge in [-0.1, -0.05) is 67.6 Å². The van der Waals surface area contributed by atoms with Crippen molar-refractivity contribution >= 4 is 5.97 Å². The summed E-state index contributed by atoms with van der Waals surface area (Å²) in [5.74, 6) is 1.32. The molecular weight excluding hydrogens is 440 g/mol. The lowest BCUT2D eigenvalue weighted by Gasteiger charge is -2.09. The minimum absolute atomic E-state index is 0.198. The zero-order valence-electron chi connectivity index (χ0n) is 20.4. The van der Waals surface area contributed by atoms with Crippen molar-refractivity contribution in [1.82, 2.24) is 0 Å². The van der Waals surface area contributed by atoms with Gasteiger partial charge in [-0.2, -0.15) is 0 Å². The standard InChI is InChI=1S/C30H34O5/c1-24(30(31)35-23-25-10-6-5-7-11-25)22-33-20-8-3-4-9-21-34-29-18-14-27(15-19-29)26-12-16-28(32-2)17-13-26/h5-7,10-19H,1,3-4,8-9,20-23H2,2H3. The molecular formula is C30H34O5. The summed E-state index contributed by atoms with van der Waals surface area (Å²) < 4.78 is 21.9. The summed E-state index contributed by atoms with van der Waals surface area (Å²) in [6.07, 6.45) is 4.03. The maximum atomic E-state index is 12.0. The van der Waals surface area contributed by atoms with Gasteiger partial charge in [0.15, 0.2) is 0 Å². The normalized spacial score (nSPS) is 10.5. The van der Waals surface area contributed by atoms with Gasteiger partial charge in [0.05, 0.1) is 25.9 Å². The van der Waals surface area contributed by atoms with Gasteiger partial charge in [-0.3, -0.25) is 0 Å². The quantitative estimate of drug-likeness (QED) is 0.141. The van der Waals surface area contributed by atoms with Gasteiger partial charge >= 0.3 is 5.97 Å². The van der Waals surface area contributed by atoms with Crippen LogP contribution < -0.4 is 9.47 Å². The molecule has 0 saturated carbocycles. The third kappa shape index (κ3) is 9.30. The Labute approximate surface area is 208 Å². The zero-order chi connectivity index (χ0) is 24.7. The van der Waals surface area contributed by atoms with E-state index in [2.05, 4.69) is 18.7 Å². The first-order valence-electron chi connectivity index (χ1n) is 12.0. The second-order valence-corrected chi connectivity index (χ2v) is 8.23. The molecule has 3 rings (SSSR count).